The topological polar surface area (TPSA) is 95.5 Å². The molecular formula is C22H19F3N4O4. The molecule has 4 rings (SSSR count). The molecule has 0 bridgehead atoms. The molecule has 1 aromatic carbocycles. The second kappa shape index (κ2) is 9.31. The third-order valence-electron chi connectivity index (χ3n) is 4.85. The van der Waals surface area contributed by atoms with Crippen LogP contribution in [0, 0.1) is 0 Å². The summed E-state index contributed by atoms with van der Waals surface area (Å²) in [6.07, 6.45) is 0.310. The average Bonchev–Trinajstić information content (AvgIpc) is 2.82. The summed E-state index contributed by atoms with van der Waals surface area (Å²) in [6.45, 7) is -1.19. The number of pyridine rings is 1. The van der Waals surface area contributed by atoms with Crippen molar-refractivity contribution in [1.29, 1.82) is 0 Å². The molecule has 11 heteroatoms. The number of halogens is 3. The van der Waals surface area contributed by atoms with E-state index in [-0.39, 0.29) is 24.1 Å². The number of rotatable bonds is 6. The van der Waals surface area contributed by atoms with Gasteiger partial charge in [0.05, 0.1) is 36.8 Å². The Bertz CT molecular complexity index is 1120. The van der Waals surface area contributed by atoms with Gasteiger partial charge in [0.2, 0.25) is 11.8 Å². The zero-order chi connectivity index (χ0) is 23.4. The highest BCUT2D eigenvalue weighted by molar-refractivity contribution is 5.94. The first-order chi connectivity index (χ1) is 15.8. The quantitative estimate of drug-likeness (QED) is 0.604. The maximum atomic E-state index is 12.6. The van der Waals surface area contributed by atoms with Crippen molar-refractivity contribution in [1.82, 2.24) is 20.3 Å². The summed E-state index contributed by atoms with van der Waals surface area (Å²) < 4.78 is 52.2. The monoisotopic (exact) mass is 460 g/mol. The number of carbonyl (C=O) groups is 1. The van der Waals surface area contributed by atoms with Crippen LogP contribution in [-0.4, -0.2) is 53.4 Å². The van der Waals surface area contributed by atoms with E-state index in [1.807, 2.05) is 18.2 Å². The van der Waals surface area contributed by atoms with E-state index in [1.54, 1.807) is 6.20 Å². The Labute approximate surface area is 186 Å². The molecule has 1 aliphatic heterocycles. The maximum absolute atomic E-state index is 12.6. The molecular weight excluding hydrogens is 441 g/mol. The van der Waals surface area contributed by atoms with E-state index >= 15 is 0 Å². The van der Waals surface area contributed by atoms with E-state index in [1.165, 1.54) is 25.4 Å². The molecule has 0 saturated carbocycles. The van der Waals surface area contributed by atoms with Gasteiger partial charge < -0.3 is 19.5 Å². The van der Waals surface area contributed by atoms with Crippen LogP contribution in [0.15, 0.2) is 48.9 Å². The molecule has 3 heterocycles. The van der Waals surface area contributed by atoms with Crippen molar-refractivity contribution in [2.75, 3.05) is 20.3 Å². The Kier molecular flexibility index (Phi) is 6.29. The number of ether oxygens (including phenoxy) is 3. The van der Waals surface area contributed by atoms with Gasteiger partial charge in [0, 0.05) is 29.8 Å². The number of nitrogens with zero attached hydrogens (tertiary/aromatic N) is 3. The van der Waals surface area contributed by atoms with Gasteiger partial charge in [0.1, 0.15) is 12.4 Å². The number of hydrogen-bond donors (Lipinski definition) is 1. The molecule has 2 aromatic heterocycles. The van der Waals surface area contributed by atoms with Gasteiger partial charge >= 0.3 is 6.18 Å². The zero-order valence-corrected chi connectivity index (χ0v) is 17.4. The van der Waals surface area contributed by atoms with Crippen molar-refractivity contribution >= 4 is 5.91 Å². The highest BCUT2D eigenvalue weighted by atomic mass is 19.4. The molecule has 0 saturated heterocycles. The number of benzene rings is 1. The summed E-state index contributed by atoms with van der Waals surface area (Å²) in [7, 11) is 1.51. The van der Waals surface area contributed by atoms with Crippen LogP contribution >= 0.6 is 0 Å². The molecule has 1 amide bonds. The number of hydrogen-bond acceptors (Lipinski definition) is 7. The Morgan fingerprint density at radius 2 is 1.94 bits per heavy atom. The van der Waals surface area contributed by atoms with Crippen molar-refractivity contribution < 1.29 is 32.2 Å². The first kappa shape index (κ1) is 22.3. The lowest BCUT2D eigenvalue weighted by molar-refractivity contribution is -0.154. The van der Waals surface area contributed by atoms with Gasteiger partial charge in [0.25, 0.3) is 5.91 Å². The summed E-state index contributed by atoms with van der Waals surface area (Å²) in [5, 5.41) is 2.87. The van der Waals surface area contributed by atoms with Crippen LogP contribution in [0.4, 0.5) is 13.2 Å². The molecule has 0 unspecified atom stereocenters. The third kappa shape index (κ3) is 5.48. The van der Waals surface area contributed by atoms with Crippen molar-refractivity contribution in [3.05, 3.63) is 60.0 Å². The minimum atomic E-state index is -4.47. The molecule has 33 heavy (non-hydrogen) atoms. The molecule has 3 aromatic rings. The second-order valence-corrected chi connectivity index (χ2v) is 7.20. The standard InChI is InChI=1S/C22H19F3N4O4/c1-31-20-10-26-17(9-28-20)15-3-2-4-18-16(15)7-14(11-32-18)29-21(30)13-5-6-19(27-8-13)33-12-22(23,24)25/h2-6,8-10,14H,7,11-12H2,1H3,(H,29,30)/t14-/m0/s1. The van der Waals surface area contributed by atoms with Crippen LogP contribution in [0.3, 0.4) is 0 Å². The Morgan fingerprint density at radius 3 is 2.61 bits per heavy atom. The summed E-state index contributed by atoms with van der Waals surface area (Å²) in [4.78, 5) is 24.9. The smallest absolute Gasteiger partial charge is 0.422 e. The van der Waals surface area contributed by atoms with Gasteiger partial charge in [-0.1, -0.05) is 12.1 Å². The lowest BCUT2D eigenvalue weighted by atomic mass is 9.95. The number of amides is 1. The SMILES string of the molecule is COc1cnc(-c2cccc3c2C[C@H](NC(=O)c2ccc(OCC(F)(F)F)nc2)CO3)cn1. The van der Waals surface area contributed by atoms with Gasteiger partial charge in [-0.15, -0.1) is 0 Å². The first-order valence-electron chi connectivity index (χ1n) is 9.90. The van der Waals surface area contributed by atoms with Crippen LogP contribution in [0.2, 0.25) is 0 Å². The summed E-state index contributed by atoms with van der Waals surface area (Å²) >= 11 is 0. The third-order valence-corrected chi connectivity index (χ3v) is 4.85. The fraction of sp³-hybridized carbons (Fsp3) is 0.273. The second-order valence-electron chi connectivity index (χ2n) is 7.20. The van der Waals surface area contributed by atoms with Crippen molar-refractivity contribution in [2.45, 2.75) is 18.6 Å². The number of methoxy groups -OCH3 is 1. The van der Waals surface area contributed by atoms with Crippen LogP contribution in [-0.2, 0) is 6.42 Å². The molecule has 1 atom stereocenters. The molecule has 172 valence electrons. The average molecular weight is 460 g/mol. The molecule has 0 fully saturated rings. The molecule has 0 radical (unpaired) electrons. The van der Waals surface area contributed by atoms with Gasteiger partial charge in [0.15, 0.2) is 6.61 Å². The lowest BCUT2D eigenvalue weighted by Gasteiger charge is -2.27. The van der Waals surface area contributed by atoms with Crippen molar-refractivity contribution in [3.8, 4) is 28.8 Å². The van der Waals surface area contributed by atoms with Crippen molar-refractivity contribution in [3.63, 3.8) is 0 Å². The van der Waals surface area contributed by atoms with Crippen molar-refractivity contribution in [2.24, 2.45) is 0 Å². The lowest BCUT2D eigenvalue weighted by Crippen LogP contribution is -2.42. The van der Waals surface area contributed by atoms with E-state index < -0.39 is 18.7 Å². The predicted octanol–water partition coefficient (Wildman–Crippen LogP) is 3.22. The molecule has 8 nitrogen and oxygen atoms in total. The van der Waals surface area contributed by atoms with Crippen LogP contribution in [0.25, 0.3) is 11.3 Å². The normalized spacial score (nSPS) is 15.2. The first-order valence-corrected chi connectivity index (χ1v) is 9.90. The van der Waals surface area contributed by atoms with E-state index in [4.69, 9.17) is 9.47 Å². The zero-order valence-electron chi connectivity index (χ0n) is 17.4. The number of aromatic nitrogens is 3. The highest BCUT2D eigenvalue weighted by Gasteiger charge is 2.29. The van der Waals surface area contributed by atoms with Gasteiger partial charge in [-0.2, -0.15) is 13.2 Å². The minimum Gasteiger partial charge on any atom is -0.491 e. The fourth-order valence-corrected chi connectivity index (χ4v) is 3.32. The maximum Gasteiger partial charge on any atom is 0.422 e. The van der Waals surface area contributed by atoms with E-state index in [0.29, 0.717) is 23.7 Å². The predicted molar refractivity (Wildman–Crippen MR) is 110 cm³/mol. The van der Waals surface area contributed by atoms with Gasteiger partial charge in [-0.25, -0.2) is 15.0 Å². The Hall–Kier alpha value is -3.89. The van der Waals surface area contributed by atoms with Gasteiger partial charge in [-0.05, 0) is 12.1 Å². The number of fused-ring (bicyclic) bond motifs is 1. The summed E-state index contributed by atoms with van der Waals surface area (Å²) in [6, 6.07) is 7.83. The summed E-state index contributed by atoms with van der Waals surface area (Å²) in [5.74, 6) is 0.449. The number of alkyl halides is 3. The van der Waals surface area contributed by atoms with E-state index in [2.05, 4.69) is 25.0 Å². The van der Waals surface area contributed by atoms with Crippen LogP contribution in [0.5, 0.6) is 17.5 Å². The number of nitrogens with one attached hydrogen (secondary N) is 1. The highest BCUT2D eigenvalue weighted by Crippen LogP contribution is 2.33. The number of carbonyl (C=O) groups excluding carboxylic acids is 1. The molecule has 0 aliphatic carbocycles. The van der Waals surface area contributed by atoms with Crippen LogP contribution < -0.4 is 19.5 Å². The molecule has 0 spiro atoms. The molecule has 1 aliphatic rings. The fourth-order valence-electron chi connectivity index (χ4n) is 3.32. The largest absolute Gasteiger partial charge is 0.491 e. The molecule has 1 N–H and O–H groups in total. The van der Waals surface area contributed by atoms with Crippen LogP contribution in [0.1, 0.15) is 15.9 Å². The minimum absolute atomic E-state index is 0.189. The Balaban J connectivity index is 1.44. The van der Waals surface area contributed by atoms with E-state index in [0.717, 1.165) is 17.3 Å². The summed E-state index contributed by atoms with van der Waals surface area (Å²) in [5.41, 5.74) is 2.54. The van der Waals surface area contributed by atoms with Gasteiger partial charge in [-0.3, -0.25) is 4.79 Å². The van der Waals surface area contributed by atoms with E-state index in [9.17, 15) is 18.0 Å². The Morgan fingerprint density at radius 1 is 1.12 bits per heavy atom.